The Hall–Kier alpha value is -2.98. The Morgan fingerprint density at radius 2 is 2.06 bits per heavy atom. The summed E-state index contributed by atoms with van der Waals surface area (Å²) in [5.74, 6) is -1.55. The minimum Gasteiger partial charge on any atom is -0.383 e. The number of aryl methyl sites for hydroxylation is 1. The number of carbonyl (C=O) groups excluding carboxylic acids is 3. The number of hydrogen-bond donors (Lipinski definition) is 2. The molecule has 36 heavy (non-hydrogen) atoms. The average Bonchev–Trinajstić information content (AvgIpc) is 3.35. The minimum absolute atomic E-state index is 0.000501. The number of hydrogen-bond acceptors (Lipinski definition) is 5. The Bertz CT molecular complexity index is 1160. The van der Waals surface area contributed by atoms with Crippen LogP contribution in [0.5, 0.6) is 0 Å². The number of benzene rings is 1. The number of amides is 3. The third-order valence-electron chi connectivity index (χ3n) is 7.49. The van der Waals surface area contributed by atoms with Gasteiger partial charge in [0.1, 0.15) is 11.5 Å². The molecule has 2 fully saturated rings. The van der Waals surface area contributed by atoms with Crippen molar-refractivity contribution in [2.24, 2.45) is 11.1 Å². The molecule has 1 aliphatic heterocycles. The highest BCUT2D eigenvalue weighted by atomic mass is 35.5. The molecule has 1 saturated heterocycles. The van der Waals surface area contributed by atoms with Gasteiger partial charge in [-0.15, -0.1) is 0 Å². The van der Waals surface area contributed by atoms with E-state index in [0.717, 1.165) is 12.8 Å². The van der Waals surface area contributed by atoms with Gasteiger partial charge in [0.25, 0.3) is 11.8 Å². The van der Waals surface area contributed by atoms with Gasteiger partial charge in [0, 0.05) is 31.7 Å². The molecule has 1 aromatic carbocycles. The zero-order chi connectivity index (χ0) is 26.0. The van der Waals surface area contributed by atoms with E-state index in [2.05, 4.69) is 9.97 Å². The van der Waals surface area contributed by atoms with Gasteiger partial charge in [-0.3, -0.25) is 14.4 Å². The van der Waals surface area contributed by atoms with Crippen molar-refractivity contribution < 1.29 is 23.5 Å². The number of nitrogens with zero attached hydrogens (tertiary/aromatic N) is 3. The molecule has 0 bridgehead atoms. The molecule has 3 amide bonds. The summed E-state index contributed by atoms with van der Waals surface area (Å²) in [7, 11) is 1.56. The topological polar surface area (TPSA) is 122 Å². The van der Waals surface area contributed by atoms with E-state index in [1.165, 1.54) is 12.4 Å². The van der Waals surface area contributed by atoms with Crippen LogP contribution in [0.4, 0.5) is 10.1 Å². The predicted octanol–water partition coefficient (Wildman–Crippen LogP) is 3.45. The van der Waals surface area contributed by atoms with Gasteiger partial charge in [0.2, 0.25) is 5.91 Å². The molecule has 1 aliphatic carbocycles. The fraction of sp³-hybridized carbons (Fsp3) is 0.520. The van der Waals surface area contributed by atoms with Crippen molar-refractivity contribution in [3.63, 3.8) is 0 Å². The maximum absolute atomic E-state index is 14.0. The number of anilines is 1. The average molecular weight is 520 g/mol. The van der Waals surface area contributed by atoms with Gasteiger partial charge in [0.05, 0.1) is 23.6 Å². The SMILES string of the molecule is COCCN(C(=O)c1[nH]cnc1C(N)=O)C1CCC2(CCCN(c3cc(C)c(F)cc3Cl)C2=O)CC1. The van der Waals surface area contributed by atoms with Gasteiger partial charge in [-0.2, -0.15) is 0 Å². The summed E-state index contributed by atoms with van der Waals surface area (Å²) in [5, 5.41) is 0.221. The highest BCUT2D eigenvalue weighted by Gasteiger charge is 2.48. The number of piperidine rings is 1. The Balaban J connectivity index is 1.53. The summed E-state index contributed by atoms with van der Waals surface area (Å²) in [6, 6.07) is 2.75. The van der Waals surface area contributed by atoms with E-state index in [0.29, 0.717) is 56.6 Å². The van der Waals surface area contributed by atoms with E-state index in [9.17, 15) is 18.8 Å². The number of carbonyl (C=O) groups is 3. The van der Waals surface area contributed by atoms with Crippen molar-refractivity contribution in [3.8, 4) is 0 Å². The number of halogens is 2. The standard InChI is InChI=1S/C25H31ClFN5O4/c1-15-12-19(17(26)13-18(15)27)32-9-3-6-25(24(32)35)7-4-16(5-8-25)31(10-11-36-2)23(34)21-20(22(28)33)29-14-30-21/h12-14,16H,3-11H2,1-2H3,(H2,28,33)(H,29,30). The summed E-state index contributed by atoms with van der Waals surface area (Å²) < 4.78 is 19.2. The molecule has 2 aromatic rings. The maximum Gasteiger partial charge on any atom is 0.273 e. The number of primary amides is 1. The lowest BCUT2D eigenvalue weighted by atomic mass is 9.67. The van der Waals surface area contributed by atoms with Crippen LogP contribution in [0.3, 0.4) is 0 Å². The number of aromatic amines is 1. The van der Waals surface area contributed by atoms with Crippen LogP contribution in [0.1, 0.15) is 65.1 Å². The smallest absolute Gasteiger partial charge is 0.273 e. The number of ether oxygens (including phenoxy) is 1. The first-order valence-electron chi connectivity index (χ1n) is 12.1. The van der Waals surface area contributed by atoms with Gasteiger partial charge in [0.15, 0.2) is 5.69 Å². The van der Waals surface area contributed by atoms with Gasteiger partial charge in [-0.1, -0.05) is 11.6 Å². The van der Waals surface area contributed by atoms with Crippen molar-refractivity contribution >= 4 is 35.0 Å². The number of aromatic nitrogens is 2. The molecule has 4 rings (SSSR count). The monoisotopic (exact) mass is 519 g/mol. The fourth-order valence-electron chi connectivity index (χ4n) is 5.51. The number of methoxy groups -OCH3 is 1. The molecular weight excluding hydrogens is 489 g/mol. The van der Waals surface area contributed by atoms with E-state index in [1.54, 1.807) is 29.9 Å². The first kappa shape index (κ1) is 26.1. The first-order valence-corrected chi connectivity index (χ1v) is 12.5. The van der Waals surface area contributed by atoms with Crippen molar-refractivity contribution in [2.45, 2.75) is 51.5 Å². The van der Waals surface area contributed by atoms with Crippen LogP contribution in [0, 0.1) is 18.2 Å². The van der Waals surface area contributed by atoms with Crippen molar-refractivity contribution in [3.05, 3.63) is 46.3 Å². The second-order valence-corrected chi connectivity index (χ2v) is 10.0. The number of imidazole rings is 1. The number of nitrogens with two attached hydrogens (primary N) is 1. The normalized spacial score (nSPS) is 22.2. The number of rotatable bonds is 7. The quantitative estimate of drug-likeness (QED) is 0.580. The first-order chi connectivity index (χ1) is 17.2. The Kier molecular flexibility index (Phi) is 7.65. The lowest BCUT2D eigenvalue weighted by Crippen LogP contribution is -2.53. The maximum atomic E-state index is 14.0. The highest BCUT2D eigenvalue weighted by molar-refractivity contribution is 6.34. The molecule has 0 atom stereocenters. The third-order valence-corrected chi connectivity index (χ3v) is 7.79. The van der Waals surface area contributed by atoms with Crippen molar-refractivity contribution in [1.29, 1.82) is 0 Å². The molecule has 194 valence electrons. The third kappa shape index (κ3) is 4.84. The zero-order valence-corrected chi connectivity index (χ0v) is 21.2. The summed E-state index contributed by atoms with van der Waals surface area (Å²) in [5.41, 5.74) is 5.76. The van der Waals surface area contributed by atoms with Gasteiger partial charge < -0.3 is 25.3 Å². The second-order valence-electron chi connectivity index (χ2n) is 9.61. The summed E-state index contributed by atoms with van der Waals surface area (Å²) in [4.78, 5) is 48.8. The van der Waals surface area contributed by atoms with Crippen molar-refractivity contribution in [2.75, 3.05) is 31.7 Å². The highest BCUT2D eigenvalue weighted by Crippen LogP contribution is 2.47. The predicted molar refractivity (Wildman–Crippen MR) is 132 cm³/mol. The molecule has 3 N–H and O–H groups in total. The van der Waals surface area contributed by atoms with E-state index in [4.69, 9.17) is 22.1 Å². The number of nitrogens with one attached hydrogen (secondary N) is 1. The van der Waals surface area contributed by atoms with Crippen molar-refractivity contribution in [1.82, 2.24) is 14.9 Å². The van der Waals surface area contributed by atoms with Crippen LogP contribution in [0.25, 0.3) is 0 Å². The molecule has 0 radical (unpaired) electrons. The fourth-order valence-corrected chi connectivity index (χ4v) is 5.76. The van der Waals surface area contributed by atoms with Crippen LogP contribution < -0.4 is 10.6 Å². The van der Waals surface area contributed by atoms with Crippen LogP contribution in [0.2, 0.25) is 5.02 Å². The summed E-state index contributed by atoms with van der Waals surface area (Å²) >= 11 is 6.33. The Morgan fingerprint density at radius 1 is 1.33 bits per heavy atom. The molecule has 2 aliphatic rings. The van der Waals surface area contributed by atoms with E-state index < -0.39 is 17.1 Å². The largest absolute Gasteiger partial charge is 0.383 e. The van der Waals surface area contributed by atoms with Gasteiger partial charge in [-0.05, 0) is 63.1 Å². The molecule has 1 saturated carbocycles. The van der Waals surface area contributed by atoms with Gasteiger partial charge >= 0.3 is 0 Å². The Morgan fingerprint density at radius 3 is 2.72 bits per heavy atom. The van der Waals surface area contributed by atoms with Gasteiger partial charge in [-0.25, -0.2) is 9.37 Å². The molecule has 1 spiro atoms. The minimum atomic E-state index is -0.781. The Labute approximate surface area is 214 Å². The van der Waals surface area contributed by atoms with Crippen LogP contribution in [0.15, 0.2) is 18.5 Å². The molecule has 2 heterocycles. The zero-order valence-electron chi connectivity index (χ0n) is 20.5. The molecule has 9 nitrogen and oxygen atoms in total. The second kappa shape index (κ2) is 10.6. The molecule has 0 unspecified atom stereocenters. The molecule has 11 heteroatoms. The summed E-state index contributed by atoms with van der Waals surface area (Å²) in [6.45, 7) is 2.83. The molecular formula is C25H31ClFN5O4. The lowest BCUT2D eigenvalue weighted by Gasteiger charge is -2.47. The van der Waals surface area contributed by atoms with Crippen LogP contribution >= 0.6 is 11.6 Å². The van der Waals surface area contributed by atoms with Crippen LogP contribution in [-0.2, 0) is 9.53 Å². The lowest BCUT2D eigenvalue weighted by molar-refractivity contribution is -0.133. The van der Waals surface area contributed by atoms with E-state index >= 15 is 0 Å². The van der Waals surface area contributed by atoms with Crippen LogP contribution in [-0.4, -0.2) is 65.4 Å². The molecule has 1 aromatic heterocycles. The van der Waals surface area contributed by atoms with E-state index in [-0.39, 0.29) is 34.3 Å². The summed E-state index contributed by atoms with van der Waals surface area (Å²) in [6.07, 6.45) is 5.28. The number of H-pyrrole nitrogens is 1. The van der Waals surface area contributed by atoms with E-state index in [1.807, 2.05) is 0 Å².